The van der Waals surface area contributed by atoms with E-state index in [4.69, 9.17) is 15.5 Å². The molecule has 0 spiro atoms. The number of nitrogens with zero attached hydrogens (tertiary/aromatic N) is 5. The van der Waals surface area contributed by atoms with Gasteiger partial charge in [0.1, 0.15) is 28.6 Å². The van der Waals surface area contributed by atoms with Gasteiger partial charge in [0.2, 0.25) is 0 Å². The quantitative estimate of drug-likeness (QED) is 0.292. The number of nitrogen functional groups attached to an aromatic ring is 1. The third-order valence-corrected chi connectivity index (χ3v) is 7.68. The zero-order valence-corrected chi connectivity index (χ0v) is 21.7. The van der Waals surface area contributed by atoms with Crippen LogP contribution in [0, 0.1) is 5.82 Å². The van der Waals surface area contributed by atoms with Gasteiger partial charge in [-0.15, -0.1) is 0 Å². The van der Waals surface area contributed by atoms with E-state index in [0.29, 0.717) is 41.1 Å². The van der Waals surface area contributed by atoms with E-state index in [1.807, 2.05) is 36.4 Å². The number of nitrogens with two attached hydrogens (primary N) is 1. The second kappa shape index (κ2) is 9.87. The fourth-order valence-corrected chi connectivity index (χ4v) is 5.86. The van der Waals surface area contributed by atoms with Crippen molar-refractivity contribution in [3.05, 3.63) is 72.3 Å². The number of hydrogen-bond acceptors (Lipinski definition) is 9. The van der Waals surface area contributed by atoms with Crippen LogP contribution in [0.1, 0.15) is 18.5 Å². The molecule has 4 N–H and O–H groups in total. The van der Waals surface area contributed by atoms with Crippen LogP contribution in [-0.2, 0) is 6.42 Å². The Hall–Kier alpha value is -4.57. The van der Waals surface area contributed by atoms with Gasteiger partial charge in [-0.3, -0.25) is 4.98 Å². The number of phenols is 1. The molecule has 202 valence electrons. The number of hydrogen-bond donors (Lipinski definition) is 3. The number of pyridine rings is 2. The minimum Gasteiger partial charge on any atom is -0.508 e. The zero-order valence-electron chi connectivity index (χ0n) is 21.7. The first-order chi connectivity index (χ1) is 19.5. The Morgan fingerprint density at radius 2 is 1.82 bits per heavy atom. The van der Waals surface area contributed by atoms with E-state index >= 15 is 4.39 Å². The number of aromatic nitrogens is 4. The van der Waals surface area contributed by atoms with Gasteiger partial charge in [-0.05, 0) is 47.9 Å². The molecule has 7 rings (SSSR count). The molecule has 10 heteroatoms. The molecule has 2 aliphatic heterocycles. The molecular formula is C30H28FN7O2. The Morgan fingerprint density at radius 1 is 1.00 bits per heavy atom. The van der Waals surface area contributed by atoms with Crippen molar-refractivity contribution in [2.75, 3.05) is 30.3 Å². The van der Waals surface area contributed by atoms with E-state index in [-0.39, 0.29) is 29.6 Å². The van der Waals surface area contributed by atoms with Crippen LogP contribution in [0.2, 0.25) is 0 Å². The Labute approximate surface area is 229 Å². The van der Waals surface area contributed by atoms with E-state index in [1.165, 1.54) is 6.07 Å². The summed E-state index contributed by atoms with van der Waals surface area (Å²) in [4.78, 5) is 20.3. The standard InChI is InChI=1S/C30H28FN7O2/c31-26-27(23-13-21(39)12-17-4-1-2-6-22(17)23)33-14-24-28(26)36-30(40-11-10-18-5-3-7-25(32)35-18)37-29(24)38-15-19-8-9-20(16-38)34-19/h1-7,12-14,19-20,34,39H,8-11,15-16H2,(H2,32,35)/t19-,20+. The number of rotatable bonds is 6. The monoisotopic (exact) mass is 537 g/mol. The molecule has 0 unspecified atom stereocenters. The van der Waals surface area contributed by atoms with Crippen molar-refractivity contribution in [1.82, 2.24) is 25.3 Å². The summed E-state index contributed by atoms with van der Waals surface area (Å²) in [6.07, 6.45) is 4.33. The lowest BCUT2D eigenvalue weighted by Crippen LogP contribution is -2.51. The highest BCUT2D eigenvalue weighted by Gasteiger charge is 2.34. The molecule has 2 fully saturated rings. The fourth-order valence-electron chi connectivity index (χ4n) is 5.86. The van der Waals surface area contributed by atoms with Crippen molar-refractivity contribution >= 4 is 33.3 Å². The molecule has 2 saturated heterocycles. The third kappa shape index (κ3) is 4.50. The highest BCUT2D eigenvalue weighted by atomic mass is 19.1. The minimum atomic E-state index is -0.586. The van der Waals surface area contributed by atoms with Crippen molar-refractivity contribution < 1.29 is 14.2 Å². The van der Waals surface area contributed by atoms with Gasteiger partial charge < -0.3 is 25.8 Å². The fraction of sp³-hybridized carbons (Fsp3) is 0.267. The van der Waals surface area contributed by atoms with Crippen molar-refractivity contribution in [1.29, 1.82) is 0 Å². The van der Waals surface area contributed by atoms with Crippen LogP contribution in [0.4, 0.5) is 16.0 Å². The lowest BCUT2D eigenvalue weighted by molar-refractivity contribution is 0.296. The number of anilines is 2. The summed E-state index contributed by atoms with van der Waals surface area (Å²) < 4.78 is 22.4. The van der Waals surface area contributed by atoms with Gasteiger partial charge in [0.05, 0.1) is 12.0 Å². The van der Waals surface area contributed by atoms with E-state index in [0.717, 1.165) is 42.4 Å². The average molecular weight is 538 g/mol. The Kier molecular flexibility index (Phi) is 6.04. The molecule has 3 aromatic heterocycles. The van der Waals surface area contributed by atoms with E-state index in [2.05, 4.69) is 25.2 Å². The van der Waals surface area contributed by atoms with Crippen LogP contribution < -0.4 is 20.7 Å². The molecule has 40 heavy (non-hydrogen) atoms. The number of benzene rings is 2. The van der Waals surface area contributed by atoms with Gasteiger partial charge in [-0.25, -0.2) is 9.37 Å². The molecule has 5 heterocycles. The van der Waals surface area contributed by atoms with Gasteiger partial charge in [-0.2, -0.15) is 9.97 Å². The first-order valence-electron chi connectivity index (χ1n) is 13.5. The second-order valence-electron chi connectivity index (χ2n) is 10.4. The van der Waals surface area contributed by atoms with E-state index in [1.54, 1.807) is 18.3 Å². The molecule has 0 amide bonds. The Morgan fingerprint density at radius 3 is 2.65 bits per heavy atom. The van der Waals surface area contributed by atoms with Crippen molar-refractivity contribution in [2.45, 2.75) is 31.3 Å². The predicted octanol–water partition coefficient (Wildman–Crippen LogP) is 4.23. The van der Waals surface area contributed by atoms with Gasteiger partial charge in [0, 0.05) is 49.0 Å². The number of piperazine rings is 1. The number of ether oxygens (including phenoxy) is 1. The molecule has 2 aromatic carbocycles. The average Bonchev–Trinajstić information content (AvgIpc) is 3.30. The lowest BCUT2D eigenvalue weighted by Gasteiger charge is -2.34. The maximum Gasteiger partial charge on any atom is 0.319 e. The van der Waals surface area contributed by atoms with Crippen molar-refractivity contribution in [3.8, 4) is 23.0 Å². The van der Waals surface area contributed by atoms with Crippen LogP contribution in [0.5, 0.6) is 11.8 Å². The topological polar surface area (TPSA) is 122 Å². The van der Waals surface area contributed by atoms with Crippen LogP contribution in [0.3, 0.4) is 0 Å². The smallest absolute Gasteiger partial charge is 0.319 e. The van der Waals surface area contributed by atoms with Crippen molar-refractivity contribution in [3.63, 3.8) is 0 Å². The molecule has 0 radical (unpaired) electrons. The lowest BCUT2D eigenvalue weighted by atomic mass is 10.0. The van der Waals surface area contributed by atoms with Crippen molar-refractivity contribution in [2.24, 2.45) is 0 Å². The van der Waals surface area contributed by atoms with Gasteiger partial charge in [0.15, 0.2) is 5.82 Å². The number of halogens is 1. The number of nitrogens with one attached hydrogen (secondary N) is 1. The largest absolute Gasteiger partial charge is 0.508 e. The predicted molar refractivity (Wildman–Crippen MR) is 152 cm³/mol. The first kappa shape index (κ1) is 24.5. The van der Waals surface area contributed by atoms with E-state index < -0.39 is 5.82 Å². The Bertz CT molecular complexity index is 1740. The van der Waals surface area contributed by atoms with Crippen LogP contribution >= 0.6 is 0 Å². The zero-order chi connectivity index (χ0) is 27.2. The number of aromatic hydroxyl groups is 1. The maximum atomic E-state index is 16.4. The SMILES string of the molecule is Nc1cccc(CCOc2nc(N3C[C@H]4CC[C@@H](C3)N4)c3cnc(-c4cc(O)cc5ccccc45)c(F)c3n2)n1. The molecule has 5 aromatic rings. The summed E-state index contributed by atoms with van der Waals surface area (Å²) in [6, 6.07) is 17.0. The van der Waals surface area contributed by atoms with Crippen LogP contribution in [0.25, 0.3) is 32.9 Å². The summed E-state index contributed by atoms with van der Waals surface area (Å²) in [5.74, 6) is 0.502. The normalized spacial score (nSPS) is 18.5. The molecule has 2 aliphatic rings. The summed E-state index contributed by atoms with van der Waals surface area (Å²) in [6.45, 7) is 1.77. The number of phenolic OH excluding ortho intramolecular Hbond substituents is 1. The third-order valence-electron chi connectivity index (χ3n) is 7.68. The summed E-state index contributed by atoms with van der Waals surface area (Å²) in [5.41, 5.74) is 7.32. The molecule has 0 aliphatic carbocycles. The van der Waals surface area contributed by atoms with Crippen LogP contribution in [0.15, 0.2) is 60.8 Å². The Balaban J connectivity index is 1.32. The molecular weight excluding hydrogens is 509 g/mol. The minimum absolute atomic E-state index is 0.0360. The molecule has 9 nitrogen and oxygen atoms in total. The second-order valence-corrected chi connectivity index (χ2v) is 10.4. The highest BCUT2D eigenvalue weighted by Crippen LogP contribution is 2.37. The van der Waals surface area contributed by atoms with Gasteiger partial charge in [0.25, 0.3) is 0 Å². The molecule has 2 bridgehead atoms. The van der Waals surface area contributed by atoms with Crippen LogP contribution in [-0.4, -0.2) is 56.8 Å². The van der Waals surface area contributed by atoms with E-state index in [9.17, 15) is 5.11 Å². The molecule has 0 saturated carbocycles. The summed E-state index contributed by atoms with van der Waals surface area (Å²) >= 11 is 0. The first-order valence-corrected chi connectivity index (χ1v) is 13.5. The summed E-state index contributed by atoms with van der Waals surface area (Å²) in [7, 11) is 0. The maximum absolute atomic E-state index is 16.4. The van der Waals surface area contributed by atoms with Gasteiger partial charge >= 0.3 is 6.01 Å². The molecule has 2 atom stereocenters. The highest BCUT2D eigenvalue weighted by molar-refractivity contribution is 5.99. The number of fused-ring (bicyclic) bond motifs is 4. The van der Waals surface area contributed by atoms with Gasteiger partial charge in [-0.1, -0.05) is 30.3 Å². The summed E-state index contributed by atoms with van der Waals surface area (Å²) in [5, 5.41) is 16.1.